The maximum atomic E-state index is 14.0. The molecule has 1 atom stereocenters. The fraction of sp³-hybridized carbons (Fsp3) is 0.231. The van der Waals surface area contributed by atoms with Crippen LogP contribution < -0.4 is 14.8 Å². The Hall–Kier alpha value is -3.94. The lowest BCUT2D eigenvalue weighted by molar-refractivity contribution is -0.139. The smallest absolute Gasteiger partial charge is 0.264 e. The quantitative estimate of drug-likeness (QED) is 0.560. The lowest BCUT2D eigenvalue weighted by Gasteiger charge is -2.23. The normalized spacial score (nSPS) is 15.2. The van der Waals surface area contributed by atoms with E-state index in [1.54, 1.807) is 30.2 Å². The molecule has 4 rings (SSSR count). The van der Waals surface area contributed by atoms with Gasteiger partial charge in [-0.05, 0) is 54.4 Å². The molecular weight excluding hydrogens is 442 g/mol. The van der Waals surface area contributed by atoms with Crippen molar-refractivity contribution in [2.75, 3.05) is 12.4 Å². The number of carbonyl (C=O) groups excluding carboxylic acids is 2. The van der Waals surface area contributed by atoms with Crippen molar-refractivity contribution in [1.29, 1.82) is 0 Å². The van der Waals surface area contributed by atoms with Crippen LogP contribution in [0.1, 0.15) is 34.8 Å². The van der Waals surface area contributed by atoms with Gasteiger partial charge < -0.3 is 19.7 Å². The number of halogens is 2. The van der Waals surface area contributed by atoms with E-state index in [4.69, 9.17) is 9.47 Å². The number of methoxy groups -OCH3 is 1. The number of amides is 2. The molecule has 1 aliphatic heterocycles. The SMILES string of the molecule is CC[C@@H]1Oc2ccc(NC(=O)c3c(F)cccc3F)cc2CN(Cc2ccc(OC)cc2)C1=O. The number of nitrogens with one attached hydrogen (secondary N) is 1. The number of ether oxygens (including phenoxy) is 2. The molecule has 0 unspecified atom stereocenters. The van der Waals surface area contributed by atoms with Crippen molar-refractivity contribution in [1.82, 2.24) is 4.90 Å². The lowest BCUT2D eigenvalue weighted by Crippen LogP contribution is -2.38. The van der Waals surface area contributed by atoms with Gasteiger partial charge in [0.2, 0.25) is 0 Å². The molecule has 6 nitrogen and oxygen atoms in total. The predicted octanol–water partition coefficient (Wildman–Crippen LogP) is 4.93. The predicted molar refractivity (Wildman–Crippen MR) is 123 cm³/mol. The van der Waals surface area contributed by atoms with E-state index in [2.05, 4.69) is 5.32 Å². The molecule has 0 saturated carbocycles. The highest BCUT2D eigenvalue weighted by atomic mass is 19.1. The second-order valence-corrected chi connectivity index (χ2v) is 7.93. The minimum Gasteiger partial charge on any atom is -0.497 e. The third-order valence-electron chi connectivity index (χ3n) is 5.63. The van der Waals surface area contributed by atoms with Crippen LogP contribution in [0.3, 0.4) is 0 Å². The van der Waals surface area contributed by atoms with Crippen molar-refractivity contribution in [3.63, 3.8) is 0 Å². The second kappa shape index (κ2) is 9.91. The highest BCUT2D eigenvalue weighted by Gasteiger charge is 2.30. The summed E-state index contributed by atoms with van der Waals surface area (Å²) in [5.41, 5.74) is 1.27. The van der Waals surface area contributed by atoms with Gasteiger partial charge in [-0.15, -0.1) is 0 Å². The van der Waals surface area contributed by atoms with E-state index >= 15 is 0 Å². The average molecular weight is 466 g/mol. The van der Waals surface area contributed by atoms with Crippen molar-refractivity contribution in [3.8, 4) is 11.5 Å². The molecule has 1 N–H and O–H groups in total. The molecule has 0 aliphatic carbocycles. The summed E-state index contributed by atoms with van der Waals surface area (Å²) in [4.78, 5) is 27.3. The van der Waals surface area contributed by atoms with E-state index in [-0.39, 0.29) is 12.5 Å². The Morgan fingerprint density at radius 3 is 2.47 bits per heavy atom. The molecular formula is C26H24F2N2O4. The molecule has 1 aliphatic rings. The summed E-state index contributed by atoms with van der Waals surface area (Å²) in [5.74, 6) is -1.70. The zero-order valence-electron chi connectivity index (χ0n) is 18.8. The van der Waals surface area contributed by atoms with Gasteiger partial charge in [-0.25, -0.2) is 8.78 Å². The van der Waals surface area contributed by atoms with Crippen LogP contribution in [0.5, 0.6) is 11.5 Å². The highest BCUT2D eigenvalue weighted by molar-refractivity contribution is 6.04. The zero-order valence-corrected chi connectivity index (χ0v) is 18.8. The Kier molecular flexibility index (Phi) is 6.77. The van der Waals surface area contributed by atoms with Gasteiger partial charge in [0, 0.05) is 24.3 Å². The number of rotatable bonds is 6. The summed E-state index contributed by atoms with van der Waals surface area (Å²) in [6.45, 7) is 2.48. The monoisotopic (exact) mass is 466 g/mol. The van der Waals surface area contributed by atoms with Crippen LogP contribution >= 0.6 is 0 Å². The van der Waals surface area contributed by atoms with E-state index in [0.29, 0.717) is 30.0 Å². The summed E-state index contributed by atoms with van der Waals surface area (Å²) in [6, 6.07) is 15.6. The Bertz CT molecular complexity index is 1190. The van der Waals surface area contributed by atoms with E-state index in [0.717, 1.165) is 23.4 Å². The van der Waals surface area contributed by atoms with Gasteiger partial charge in [0.05, 0.1) is 7.11 Å². The molecule has 0 radical (unpaired) electrons. The van der Waals surface area contributed by atoms with E-state index in [9.17, 15) is 18.4 Å². The zero-order chi connectivity index (χ0) is 24.2. The number of carbonyl (C=O) groups is 2. The van der Waals surface area contributed by atoms with Gasteiger partial charge in [-0.1, -0.05) is 25.1 Å². The highest BCUT2D eigenvalue weighted by Crippen LogP contribution is 2.30. The Balaban J connectivity index is 1.59. The summed E-state index contributed by atoms with van der Waals surface area (Å²) >= 11 is 0. The molecule has 8 heteroatoms. The van der Waals surface area contributed by atoms with Crippen LogP contribution in [-0.2, 0) is 17.9 Å². The summed E-state index contributed by atoms with van der Waals surface area (Å²) in [6.07, 6.45) is -0.157. The first-order chi connectivity index (χ1) is 16.4. The van der Waals surface area contributed by atoms with Gasteiger partial charge >= 0.3 is 0 Å². The summed E-state index contributed by atoms with van der Waals surface area (Å²) in [5, 5.41) is 2.53. The van der Waals surface area contributed by atoms with Crippen LogP contribution in [0.2, 0.25) is 0 Å². The number of nitrogens with zero attached hydrogens (tertiary/aromatic N) is 1. The largest absolute Gasteiger partial charge is 0.497 e. The minimum absolute atomic E-state index is 0.145. The van der Waals surface area contributed by atoms with E-state index in [1.807, 2.05) is 31.2 Å². The number of hydrogen-bond donors (Lipinski definition) is 1. The lowest BCUT2D eigenvalue weighted by atomic mass is 10.1. The topological polar surface area (TPSA) is 67.9 Å². The molecule has 0 bridgehead atoms. The van der Waals surface area contributed by atoms with Crippen molar-refractivity contribution < 1.29 is 27.8 Å². The molecule has 34 heavy (non-hydrogen) atoms. The molecule has 1 heterocycles. The van der Waals surface area contributed by atoms with Crippen molar-refractivity contribution in [2.24, 2.45) is 0 Å². The molecule has 2 amide bonds. The third kappa shape index (κ3) is 4.85. The van der Waals surface area contributed by atoms with Gasteiger partial charge in [-0.3, -0.25) is 9.59 Å². The number of benzene rings is 3. The number of hydrogen-bond acceptors (Lipinski definition) is 4. The Morgan fingerprint density at radius 2 is 1.82 bits per heavy atom. The van der Waals surface area contributed by atoms with Crippen LogP contribution in [-0.4, -0.2) is 29.9 Å². The average Bonchev–Trinajstić information content (AvgIpc) is 2.95. The van der Waals surface area contributed by atoms with Gasteiger partial charge in [0.1, 0.15) is 28.7 Å². The van der Waals surface area contributed by atoms with Crippen molar-refractivity contribution in [3.05, 3.63) is 89.0 Å². The van der Waals surface area contributed by atoms with Gasteiger partial charge in [0.15, 0.2) is 6.10 Å². The molecule has 0 saturated heterocycles. The molecule has 3 aromatic rings. The molecule has 0 aromatic heterocycles. The first-order valence-corrected chi connectivity index (χ1v) is 10.9. The number of fused-ring (bicyclic) bond motifs is 1. The van der Waals surface area contributed by atoms with E-state index < -0.39 is 29.2 Å². The second-order valence-electron chi connectivity index (χ2n) is 7.93. The fourth-order valence-corrected chi connectivity index (χ4v) is 3.84. The van der Waals surface area contributed by atoms with Gasteiger partial charge in [-0.2, -0.15) is 0 Å². The fourth-order valence-electron chi connectivity index (χ4n) is 3.84. The molecule has 0 spiro atoms. The van der Waals surface area contributed by atoms with Gasteiger partial charge in [0.25, 0.3) is 11.8 Å². The van der Waals surface area contributed by atoms with Crippen LogP contribution in [0.25, 0.3) is 0 Å². The molecule has 3 aromatic carbocycles. The molecule has 176 valence electrons. The van der Waals surface area contributed by atoms with Crippen molar-refractivity contribution >= 4 is 17.5 Å². The number of anilines is 1. The first kappa shape index (κ1) is 23.2. The summed E-state index contributed by atoms with van der Waals surface area (Å²) < 4.78 is 39.1. The van der Waals surface area contributed by atoms with Crippen LogP contribution in [0.4, 0.5) is 14.5 Å². The van der Waals surface area contributed by atoms with Crippen molar-refractivity contribution in [2.45, 2.75) is 32.5 Å². The summed E-state index contributed by atoms with van der Waals surface area (Å²) in [7, 11) is 1.59. The third-order valence-corrected chi connectivity index (χ3v) is 5.63. The maximum absolute atomic E-state index is 14.0. The Labute approximate surface area is 196 Å². The van der Waals surface area contributed by atoms with E-state index in [1.165, 1.54) is 6.07 Å². The standard InChI is InChI=1S/C26H24F2N2O4/c1-3-22-26(32)30(14-16-7-10-19(33-2)11-8-16)15-17-13-18(9-12-23(17)34-22)29-25(31)24-20(27)5-4-6-21(24)28/h4-13,22H,3,14-15H2,1-2H3,(H,29,31)/t22-/m0/s1. The minimum atomic E-state index is -0.947. The maximum Gasteiger partial charge on any atom is 0.264 e. The van der Waals surface area contributed by atoms with Crippen LogP contribution in [0, 0.1) is 11.6 Å². The molecule has 0 fully saturated rings. The Morgan fingerprint density at radius 1 is 1.12 bits per heavy atom. The first-order valence-electron chi connectivity index (χ1n) is 10.9. The van der Waals surface area contributed by atoms with Crippen LogP contribution in [0.15, 0.2) is 60.7 Å².